The van der Waals surface area contributed by atoms with Crippen LogP contribution in [0.3, 0.4) is 0 Å². The molecule has 0 bridgehead atoms. The summed E-state index contributed by atoms with van der Waals surface area (Å²) in [5.41, 5.74) is 8.02. The van der Waals surface area contributed by atoms with Gasteiger partial charge in [-0.3, -0.25) is 0 Å². The molecule has 0 unspecified atom stereocenters. The zero-order valence-corrected chi connectivity index (χ0v) is 21.5. The summed E-state index contributed by atoms with van der Waals surface area (Å²) < 4.78 is 13.1. The van der Waals surface area contributed by atoms with Crippen molar-refractivity contribution >= 4 is 65.4 Å². The lowest BCUT2D eigenvalue weighted by atomic mass is 9.97. The maximum absolute atomic E-state index is 6.55. The van der Waals surface area contributed by atoms with Crippen LogP contribution in [-0.4, -0.2) is 0 Å². The second kappa shape index (κ2) is 8.08. The van der Waals surface area contributed by atoms with Gasteiger partial charge in [-0.2, -0.15) is 0 Å². The van der Waals surface area contributed by atoms with E-state index in [1.165, 1.54) is 32.7 Å². The summed E-state index contributed by atoms with van der Waals surface area (Å²) in [4.78, 5) is 0. The Kier molecular flexibility index (Phi) is 4.36. The normalized spacial score (nSPS) is 12.0. The molecule has 0 fully saturated rings. The van der Waals surface area contributed by atoms with Crippen LogP contribution in [0.25, 0.3) is 87.7 Å². The number of rotatable bonds is 2. The Balaban J connectivity index is 1.24. The highest BCUT2D eigenvalue weighted by Gasteiger charge is 2.17. The Bertz CT molecular complexity index is 2250. The van der Waals surface area contributed by atoms with Gasteiger partial charge < -0.3 is 8.83 Å². The molecule has 0 amide bonds. The smallest absolute Gasteiger partial charge is 0.178 e. The number of hydrogen-bond donors (Lipinski definition) is 0. The van der Waals surface area contributed by atoms with Gasteiger partial charge in [0.25, 0.3) is 0 Å². The third-order valence-corrected chi connectivity index (χ3v) is 8.28. The average Bonchev–Trinajstić information content (AvgIpc) is 3.58. The highest BCUT2D eigenvalue weighted by Crippen LogP contribution is 2.41. The Labute approximate surface area is 229 Å². The molecule has 0 spiro atoms. The van der Waals surface area contributed by atoms with Crippen molar-refractivity contribution in [3.8, 4) is 22.3 Å². The van der Waals surface area contributed by atoms with Crippen LogP contribution in [0.2, 0.25) is 0 Å². The topological polar surface area (TPSA) is 26.3 Å². The maximum atomic E-state index is 6.55. The van der Waals surface area contributed by atoms with Gasteiger partial charge in [0.05, 0.1) is 0 Å². The van der Waals surface area contributed by atoms with Crippen LogP contribution in [0.5, 0.6) is 0 Å². The Morgan fingerprint density at radius 3 is 1.25 bits per heavy atom. The minimum absolute atomic E-state index is 0.797. The Morgan fingerprint density at radius 2 is 0.750 bits per heavy atom. The molecule has 0 aliphatic rings. The van der Waals surface area contributed by atoms with Crippen LogP contribution in [0.4, 0.5) is 0 Å². The zero-order chi connectivity index (χ0) is 26.2. The molecule has 0 N–H and O–H groups in total. The monoisotopic (exact) mass is 510 g/mol. The number of hydrogen-bond acceptors (Lipinski definition) is 2. The highest BCUT2D eigenvalue weighted by molar-refractivity contribution is 6.19. The van der Waals surface area contributed by atoms with E-state index in [4.69, 9.17) is 8.83 Å². The molecule has 40 heavy (non-hydrogen) atoms. The van der Waals surface area contributed by atoms with Gasteiger partial charge in [-0.05, 0) is 80.2 Å². The molecule has 0 aliphatic carbocycles. The molecule has 2 heteroatoms. The molecule has 2 nitrogen and oxygen atoms in total. The van der Waals surface area contributed by atoms with Crippen molar-refractivity contribution in [2.24, 2.45) is 0 Å². The molecule has 0 saturated heterocycles. The lowest BCUT2D eigenvalue weighted by Gasteiger charge is -2.06. The van der Waals surface area contributed by atoms with E-state index in [2.05, 4.69) is 133 Å². The van der Waals surface area contributed by atoms with Crippen molar-refractivity contribution in [3.63, 3.8) is 0 Å². The Morgan fingerprint density at radius 1 is 0.325 bits per heavy atom. The number of fused-ring (bicyclic) bond motifs is 9. The van der Waals surface area contributed by atoms with Crippen LogP contribution in [0.15, 0.2) is 142 Å². The van der Waals surface area contributed by atoms with Gasteiger partial charge in [0, 0.05) is 21.5 Å². The molecule has 9 rings (SSSR count). The van der Waals surface area contributed by atoms with Gasteiger partial charge in [-0.25, -0.2) is 0 Å². The number of benzene rings is 7. The third kappa shape index (κ3) is 3.05. The standard InChI is InChI=1S/C38H22O2/c1-3-11-27-23(7-1)9-5-13-29(27)25-15-17-31-33-19-20-34-32-18-16-26(30-14-6-10-24-8-2-4-12-28(24)30)22-36(32)40-38(34)37(33)39-35(31)21-25/h1-22H. The molecule has 7 aromatic carbocycles. The molecule has 9 aromatic rings. The summed E-state index contributed by atoms with van der Waals surface area (Å²) >= 11 is 0. The maximum Gasteiger partial charge on any atom is 0.178 e. The molecule has 0 saturated carbocycles. The quantitative estimate of drug-likeness (QED) is 0.231. The molecule has 0 radical (unpaired) electrons. The first-order chi connectivity index (χ1) is 19.8. The van der Waals surface area contributed by atoms with Crippen molar-refractivity contribution in [3.05, 3.63) is 133 Å². The fraction of sp³-hybridized carbons (Fsp3) is 0. The molecule has 186 valence electrons. The second-order valence-electron chi connectivity index (χ2n) is 10.5. The van der Waals surface area contributed by atoms with Gasteiger partial charge in [0.15, 0.2) is 11.2 Å². The average molecular weight is 511 g/mol. The summed E-state index contributed by atoms with van der Waals surface area (Å²) in [6.45, 7) is 0. The largest absolute Gasteiger partial charge is 0.452 e. The van der Waals surface area contributed by atoms with Gasteiger partial charge in [0.1, 0.15) is 11.2 Å². The molecular formula is C38H22O2. The minimum Gasteiger partial charge on any atom is -0.452 e. The van der Waals surface area contributed by atoms with Crippen LogP contribution in [-0.2, 0) is 0 Å². The predicted octanol–water partition coefficient (Wildman–Crippen LogP) is 11.1. The van der Waals surface area contributed by atoms with Crippen LogP contribution >= 0.6 is 0 Å². The summed E-state index contributed by atoms with van der Waals surface area (Å²) in [5.74, 6) is 0. The first-order valence-electron chi connectivity index (χ1n) is 13.6. The molecule has 2 heterocycles. The van der Waals surface area contributed by atoms with Crippen LogP contribution in [0, 0.1) is 0 Å². The van der Waals surface area contributed by atoms with E-state index in [-0.39, 0.29) is 0 Å². The lowest BCUT2D eigenvalue weighted by molar-refractivity contribution is 0.633. The van der Waals surface area contributed by atoms with Crippen LogP contribution < -0.4 is 0 Å². The van der Waals surface area contributed by atoms with E-state index in [9.17, 15) is 0 Å². The lowest BCUT2D eigenvalue weighted by Crippen LogP contribution is -1.81. The molecule has 0 atom stereocenters. The number of furan rings is 2. The zero-order valence-electron chi connectivity index (χ0n) is 21.5. The van der Waals surface area contributed by atoms with Crippen molar-refractivity contribution in [2.75, 3.05) is 0 Å². The molecule has 0 aliphatic heterocycles. The van der Waals surface area contributed by atoms with Gasteiger partial charge in [-0.1, -0.05) is 97.1 Å². The summed E-state index contributed by atoms with van der Waals surface area (Å²) in [7, 11) is 0. The van der Waals surface area contributed by atoms with E-state index in [0.717, 1.165) is 55.0 Å². The van der Waals surface area contributed by atoms with E-state index < -0.39 is 0 Å². The second-order valence-corrected chi connectivity index (χ2v) is 10.5. The van der Waals surface area contributed by atoms with Crippen molar-refractivity contribution < 1.29 is 8.83 Å². The van der Waals surface area contributed by atoms with Gasteiger partial charge in [-0.15, -0.1) is 0 Å². The van der Waals surface area contributed by atoms with Crippen molar-refractivity contribution in [1.82, 2.24) is 0 Å². The third-order valence-electron chi connectivity index (χ3n) is 8.28. The first kappa shape index (κ1) is 21.6. The Hall–Kier alpha value is -5.34. The molecular weight excluding hydrogens is 488 g/mol. The SMILES string of the molecule is c1ccc2c(-c3ccc4c(c3)oc3c4ccc4c5ccc(-c6cccc7ccccc67)cc5oc43)cccc2c1. The first-order valence-corrected chi connectivity index (χ1v) is 13.6. The minimum atomic E-state index is 0.797. The van der Waals surface area contributed by atoms with Crippen molar-refractivity contribution in [1.29, 1.82) is 0 Å². The van der Waals surface area contributed by atoms with E-state index in [0.29, 0.717) is 0 Å². The fourth-order valence-electron chi connectivity index (χ4n) is 6.36. The summed E-state index contributed by atoms with van der Waals surface area (Å²) in [5, 5.41) is 9.27. The predicted molar refractivity (Wildman–Crippen MR) is 167 cm³/mol. The summed E-state index contributed by atoms with van der Waals surface area (Å²) in [6.07, 6.45) is 0. The van der Waals surface area contributed by atoms with E-state index in [1.54, 1.807) is 0 Å². The fourth-order valence-corrected chi connectivity index (χ4v) is 6.36. The molecule has 2 aromatic heterocycles. The van der Waals surface area contributed by atoms with Gasteiger partial charge in [0.2, 0.25) is 0 Å². The van der Waals surface area contributed by atoms with Crippen LogP contribution in [0.1, 0.15) is 0 Å². The van der Waals surface area contributed by atoms with E-state index in [1.807, 2.05) is 0 Å². The van der Waals surface area contributed by atoms with Gasteiger partial charge >= 0.3 is 0 Å². The highest BCUT2D eigenvalue weighted by atomic mass is 16.4. The van der Waals surface area contributed by atoms with Crippen molar-refractivity contribution in [2.45, 2.75) is 0 Å². The summed E-state index contributed by atoms with van der Waals surface area (Å²) in [6, 6.07) is 47.3. The van der Waals surface area contributed by atoms with E-state index >= 15 is 0 Å².